The first-order chi connectivity index (χ1) is 5.83. The van der Waals surface area contributed by atoms with Crippen LogP contribution in [0.1, 0.15) is 46.5 Å². The maximum atomic E-state index is 12.9. The van der Waals surface area contributed by atoms with Crippen molar-refractivity contribution < 1.29 is 8.78 Å². The third-order valence-electron chi connectivity index (χ3n) is 2.72. The van der Waals surface area contributed by atoms with Crippen LogP contribution in [0.25, 0.3) is 0 Å². The summed E-state index contributed by atoms with van der Waals surface area (Å²) in [7, 11) is 0. The Labute approximate surface area is 78.9 Å². The Hall–Kier alpha value is -0.180. The molecule has 0 aromatic heterocycles. The van der Waals surface area contributed by atoms with E-state index in [-0.39, 0.29) is 18.4 Å². The van der Waals surface area contributed by atoms with E-state index in [4.69, 9.17) is 0 Å². The summed E-state index contributed by atoms with van der Waals surface area (Å²) in [6, 6.07) is 0.372. The lowest BCUT2D eigenvalue weighted by molar-refractivity contribution is -0.0542. The zero-order chi connectivity index (χ0) is 10.1. The minimum Gasteiger partial charge on any atom is -0.309 e. The molecule has 0 radical (unpaired) electrons. The molecular weight excluding hydrogens is 172 g/mol. The van der Waals surface area contributed by atoms with Crippen LogP contribution in [0.2, 0.25) is 0 Å². The molecule has 0 heterocycles. The molecule has 0 aromatic rings. The molecule has 0 spiro atoms. The lowest BCUT2D eigenvalue weighted by Crippen LogP contribution is -2.50. The first-order valence-corrected chi connectivity index (χ1v) is 4.99. The first kappa shape index (κ1) is 10.9. The van der Waals surface area contributed by atoms with Gasteiger partial charge in [0, 0.05) is 24.4 Å². The Kier molecular flexibility index (Phi) is 2.95. The normalized spacial score (nSPS) is 26.3. The summed E-state index contributed by atoms with van der Waals surface area (Å²) < 4.78 is 25.7. The van der Waals surface area contributed by atoms with E-state index in [1.165, 1.54) is 0 Å². The van der Waals surface area contributed by atoms with Crippen LogP contribution in [-0.2, 0) is 0 Å². The van der Waals surface area contributed by atoms with Gasteiger partial charge in [0.25, 0.3) is 0 Å². The molecular formula is C10H19F2N. The minimum absolute atomic E-state index is 0.0310. The van der Waals surface area contributed by atoms with Crippen LogP contribution in [-0.4, -0.2) is 17.5 Å². The maximum absolute atomic E-state index is 12.9. The SMILES string of the molecule is CC(C)NC1(C)CCC(F)(F)CC1. The second-order valence-electron chi connectivity index (χ2n) is 4.72. The highest BCUT2D eigenvalue weighted by Crippen LogP contribution is 2.38. The average molecular weight is 191 g/mol. The fourth-order valence-electron chi connectivity index (χ4n) is 2.01. The van der Waals surface area contributed by atoms with Gasteiger partial charge in [-0.25, -0.2) is 8.78 Å². The molecule has 0 amide bonds. The third-order valence-corrected chi connectivity index (χ3v) is 2.72. The van der Waals surface area contributed by atoms with Crippen molar-refractivity contribution in [2.75, 3.05) is 0 Å². The van der Waals surface area contributed by atoms with Crippen LogP contribution in [0.4, 0.5) is 8.78 Å². The summed E-state index contributed by atoms with van der Waals surface area (Å²) in [5, 5.41) is 3.36. The van der Waals surface area contributed by atoms with Gasteiger partial charge in [0.1, 0.15) is 0 Å². The zero-order valence-corrected chi connectivity index (χ0v) is 8.66. The largest absolute Gasteiger partial charge is 0.309 e. The van der Waals surface area contributed by atoms with Crippen molar-refractivity contribution in [2.24, 2.45) is 0 Å². The Bertz CT molecular complexity index is 168. The first-order valence-electron chi connectivity index (χ1n) is 4.99. The maximum Gasteiger partial charge on any atom is 0.248 e. The molecule has 1 nitrogen and oxygen atoms in total. The summed E-state index contributed by atoms with van der Waals surface area (Å²) in [6.07, 6.45) is 1.22. The van der Waals surface area contributed by atoms with Crippen LogP contribution < -0.4 is 5.32 Å². The topological polar surface area (TPSA) is 12.0 Å². The van der Waals surface area contributed by atoms with Crippen molar-refractivity contribution in [3.8, 4) is 0 Å². The van der Waals surface area contributed by atoms with Crippen molar-refractivity contribution in [3.63, 3.8) is 0 Å². The van der Waals surface area contributed by atoms with E-state index >= 15 is 0 Å². The van der Waals surface area contributed by atoms with Crippen LogP contribution in [0.3, 0.4) is 0 Å². The molecule has 0 bridgehead atoms. The van der Waals surface area contributed by atoms with Gasteiger partial charge in [0.05, 0.1) is 0 Å². The van der Waals surface area contributed by atoms with E-state index in [0.717, 1.165) is 0 Å². The summed E-state index contributed by atoms with van der Waals surface area (Å²) >= 11 is 0. The second-order valence-corrected chi connectivity index (χ2v) is 4.72. The molecule has 78 valence electrons. The van der Waals surface area contributed by atoms with Gasteiger partial charge >= 0.3 is 0 Å². The Morgan fingerprint density at radius 1 is 1.08 bits per heavy atom. The molecule has 0 unspecified atom stereocenters. The molecule has 1 N–H and O–H groups in total. The minimum atomic E-state index is -2.42. The monoisotopic (exact) mass is 191 g/mol. The standard InChI is InChI=1S/C10H19F2N/c1-8(2)13-9(3)4-6-10(11,12)7-5-9/h8,13H,4-7H2,1-3H3. The molecule has 1 aliphatic rings. The highest BCUT2D eigenvalue weighted by molar-refractivity contribution is 4.92. The van der Waals surface area contributed by atoms with Gasteiger partial charge in [0.2, 0.25) is 5.92 Å². The summed E-state index contributed by atoms with van der Waals surface area (Å²) in [4.78, 5) is 0. The van der Waals surface area contributed by atoms with E-state index in [9.17, 15) is 8.78 Å². The molecule has 0 aromatic carbocycles. The molecule has 1 saturated carbocycles. The molecule has 1 aliphatic carbocycles. The fourth-order valence-corrected chi connectivity index (χ4v) is 2.01. The number of alkyl halides is 2. The van der Waals surface area contributed by atoms with Crippen LogP contribution >= 0.6 is 0 Å². The number of nitrogens with one attached hydrogen (secondary N) is 1. The number of hydrogen-bond donors (Lipinski definition) is 1. The lowest BCUT2D eigenvalue weighted by Gasteiger charge is -2.39. The van der Waals surface area contributed by atoms with Crippen molar-refractivity contribution in [3.05, 3.63) is 0 Å². The van der Waals surface area contributed by atoms with Gasteiger partial charge in [-0.2, -0.15) is 0 Å². The molecule has 1 rings (SSSR count). The highest BCUT2D eigenvalue weighted by Gasteiger charge is 2.40. The van der Waals surface area contributed by atoms with Gasteiger partial charge in [-0.3, -0.25) is 0 Å². The van der Waals surface area contributed by atoms with Gasteiger partial charge in [-0.1, -0.05) is 13.8 Å². The van der Waals surface area contributed by atoms with Gasteiger partial charge < -0.3 is 5.32 Å². The smallest absolute Gasteiger partial charge is 0.248 e. The highest BCUT2D eigenvalue weighted by atomic mass is 19.3. The predicted molar refractivity (Wildman–Crippen MR) is 50.1 cm³/mol. The summed E-state index contributed by atoms with van der Waals surface area (Å²) in [5.41, 5.74) is -0.0736. The van der Waals surface area contributed by atoms with Gasteiger partial charge in [0.15, 0.2) is 0 Å². The number of rotatable bonds is 2. The quantitative estimate of drug-likeness (QED) is 0.707. The molecule has 3 heteroatoms. The number of hydrogen-bond acceptors (Lipinski definition) is 1. The van der Waals surface area contributed by atoms with E-state index in [0.29, 0.717) is 18.9 Å². The lowest BCUT2D eigenvalue weighted by atomic mass is 9.81. The Balaban J connectivity index is 2.47. The van der Waals surface area contributed by atoms with Gasteiger partial charge in [-0.15, -0.1) is 0 Å². The second kappa shape index (κ2) is 3.52. The van der Waals surface area contributed by atoms with E-state index < -0.39 is 5.92 Å². The van der Waals surface area contributed by atoms with Crippen molar-refractivity contribution in [1.29, 1.82) is 0 Å². The van der Waals surface area contributed by atoms with Crippen LogP contribution in [0, 0.1) is 0 Å². The van der Waals surface area contributed by atoms with E-state index in [1.54, 1.807) is 0 Å². The molecule has 13 heavy (non-hydrogen) atoms. The van der Waals surface area contributed by atoms with Crippen molar-refractivity contribution in [1.82, 2.24) is 5.32 Å². The van der Waals surface area contributed by atoms with E-state index in [2.05, 4.69) is 19.2 Å². The molecule has 1 fully saturated rings. The number of halogens is 2. The van der Waals surface area contributed by atoms with Crippen LogP contribution in [0.15, 0.2) is 0 Å². The fraction of sp³-hybridized carbons (Fsp3) is 1.00. The summed E-state index contributed by atoms with van der Waals surface area (Å²) in [6.45, 7) is 6.15. The average Bonchev–Trinajstić information content (AvgIpc) is 1.95. The third kappa shape index (κ3) is 3.22. The van der Waals surface area contributed by atoms with Crippen molar-refractivity contribution >= 4 is 0 Å². The molecule has 0 atom stereocenters. The van der Waals surface area contributed by atoms with Gasteiger partial charge in [-0.05, 0) is 19.8 Å². The molecule has 0 saturated heterocycles. The molecule has 0 aliphatic heterocycles. The van der Waals surface area contributed by atoms with Crippen molar-refractivity contribution in [2.45, 2.75) is 64.0 Å². The Morgan fingerprint density at radius 3 is 1.92 bits per heavy atom. The summed E-state index contributed by atoms with van der Waals surface area (Å²) in [5.74, 6) is -2.42. The zero-order valence-electron chi connectivity index (χ0n) is 8.66. The predicted octanol–water partition coefficient (Wildman–Crippen LogP) is 2.95. The van der Waals surface area contributed by atoms with Crippen LogP contribution in [0.5, 0.6) is 0 Å². The Morgan fingerprint density at radius 2 is 1.54 bits per heavy atom. The van der Waals surface area contributed by atoms with E-state index in [1.807, 2.05) is 6.92 Å².